The summed E-state index contributed by atoms with van der Waals surface area (Å²) in [5.74, 6) is 0.683. The largest absolute Gasteiger partial charge is 0.496 e. The Bertz CT molecular complexity index is 1040. The normalized spacial score (nSPS) is 17.0. The number of carbonyl (C=O) groups excluding carboxylic acids is 1. The third kappa shape index (κ3) is 3.21. The van der Waals surface area contributed by atoms with Crippen molar-refractivity contribution in [2.24, 2.45) is 4.99 Å². The lowest BCUT2D eigenvalue weighted by Gasteiger charge is -2.08. The van der Waals surface area contributed by atoms with Gasteiger partial charge in [-0.3, -0.25) is 4.79 Å². The van der Waals surface area contributed by atoms with E-state index in [0.29, 0.717) is 10.1 Å². The minimum Gasteiger partial charge on any atom is -0.496 e. The van der Waals surface area contributed by atoms with Crippen molar-refractivity contribution in [1.29, 1.82) is 0 Å². The molecule has 1 heterocycles. The number of carbonyl (C=O) groups is 1. The van der Waals surface area contributed by atoms with E-state index >= 15 is 0 Å². The molecule has 0 radical (unpaired) electrons. The molecule has 1 N–H and O–H groups in total. The SMILES string of the molecule is COc1ccc(C=C2SC(=Nc3ccccc3)NC2=O)c2ccccc12. The second-order valence-corrected chi connectivity index (χ2v) is 6.75. The number of amidine groups is 1. The smallest absolute Gasteiger partial charge is 0.264 e. The number of methoxy groups -OCH3 is 1. The maximum atomic E-state index is 12.3. The summed E-state index contributed by atoms with van der Waals surface area (Å²) in [4.78, 5) is 17.4. The first-order chi connectivity index (χ1) is 12.7. The van der Waals surface area contributed by atoms with Crippen molar-refractivity contribution in [2.75, 3.05) is 7.11 Å². The number of aliphatic imine (C=N–C) groups is 1. The first-order valence-electron chi connectivity index (χ1n) is 8.15. The topological polar surface area (TPSA) is 50.7 Å². The molecule has 3 aromatic rings. The zero-order chi connectivity index (χ0) is 17.9. The monoisotopic (exact) mass is 360 g/mol. The first-order valence-corrected chi connectivity index (χ1v) is 8.96. The van der Waals surface area contributed by atoms with E-state index in [1.807, 2.05) is 72.8 Å². The number of fused-ring (bicyclic) bond motifs is 1. The second kappa shape index (κ2) is 7.06. The lowest BCUT2D eigenvalue weighted by Crippen LogP contribution is -2.19. The number of benzene rings is 3. The predicted molar refractivity (Wildman–Crippen MR) is 108 cm³/mol. The number of nitrogens with one attached hydrogen (secondary N) is 1. The van der Waals surface area contributed by atoms with Crippen LogP contribution in [0.15, 0.2) is 76.6 Å². The quantitative estimate of drug-likeness (QED) is 0.687. The van der Waals surface area contributed by atoms with E-state index in [0.717, 1.165) is 27.8 Å². The zero-order valence-corrected chi connectivity index (χ0v) is 14.9. The molecule has 5 heteroatoms. The van der Waals surface area contributed by atoms with Crippen molar-refractivity contribution in [3.8, 4) is 5.75 Å². The van der Waals surface area contributed by atoms with Crippen LogP contribution < -0.4 is 10.1 Å². The Morgan fingerprint density at radius 2 is 1.69 bits per heavy atom. The van der Waals surface area contributed by atoms with Crippen molar-refractivity contribution < 1.29 is 9.53 Å². The molecular formula is C21H16N2O2S. The summed E-state index contributed by atoms with van der Waals surface area (Å²) in [5, 5.41) is 5.47. The van der Waals surface area contributed by atoms with E-state index in [1.165, 1.54) is 11.8 Å². The fraction of sp³-hybridized carbons (Fsp3) is 0.0476. The highest BCUT2D eigenvalue weighted by Crippen LogP contribution is 2.33. The summed E-state index contributed by atoms with van der Waals surface area (Å²) in [7, 11) is 1.66. The maximum Gasteiger partial charge on any atom is 0.264 e. The van der Waals surface area contributed by atoms with E-state index < -0.39 is 0 Å². The third-order valence-corrected chi connectivity index (χ3v) is 4.97. The number of thioether (sulfide) groups is 1. The summed E-state index contributed by atoms with van der Waals surface area (Å²) < 4.78 is 5.43. The molecule has 128 valence electrons. The number of para-hydroxylation sites is 1. The number of hydrogen-bond donors (Lipinski definition) is 1. The Morgan fingerprint density at radius 1 is 0.962 bits per heavy atom. The van der Waals surface area contributed by atoms with Crippen LogP contribution in [0.1, 0.15) is 5.56 Å². The van der Waals surface area contributed by atoms with Gasteiger partial charge < -0.3 is 10.1 Å². The van der Waals surface area contributed by atoms with Crippen LogP contribution in [-0.4, -0.2) is 18.2 Å². The minimum absolute atomic E-state index is 0.135. The van der Waals surface area contributed by atoms with Crippen LogP contribution in [-0.2, 0) is 4.79 Å². The van der Waals surface area contributed by atoms with E-state index in [2.05, 4.69) is 10.3 Å². The van der Waals surface area contributed by atoms with Crippen LogP contribution in [0.4, 0.5) is 5.69 Å². The van der Waals surface area contributed by atoms with Crippen molar-refractivity contribution >= 4 is 45.4 Å². The molecule has 4 nitrogen and oxygen atoms in total. The summed E-state index contributed by atoms with van der Waals surface area (Å²) in [6.45, 7) is 0. The summed E-state index contributed by atoms with van der Waals surface area (Å²) in [6.07, 6.45) is 1.90. The van der Waals surface area contributed by atoms with E-state index in [4.69, 9.17) is 4.74 Å². The fourth-order valence-corrected chi connectivity index (χ4v) is 3.67. The van der Waals surface area contributed by atoms with Gasteiger partial charge in [0.05, 0.1) is 17.7 Å². The molecule has 0 bridgehead atoms. The summed E-state index contributed by atoms with van der Waals surface area (Å²) in [6, 6.07) is 21.5. The second-order valence-electron chi connectivity index (χ2n) is 5.72. The van der Waals surface area contributed by atoms with Gasteiger partial charge in [0.15, 0.2) is 5.17 Å². The lowest BCUT2D eigenvalue weighted by molar-refractivity contribution is -0.115. The Balaban J connectivity index is 1.70. The molecule has 0 aromatic heterocycles. The van der Waals surface area contributed by atoms with E-state index in [9.17, 15) is 4.79 Å². The van der Waals surface area contributed by atoms with Crippen LogP contribution >= 0.6 is 11.8 Å². The van der Waals surface area contributed by atoms with E-state index in [-0.39, 0.29) is 5.91 Å². The first kappa shape index (κ1) is 16.4. The molecule has 3 aromatic carbocycles. The molecule has 26 heavy (non-hydrogen) atoms. The third-order valence-electron chi connectivity index (χ3n) is 4.06. The van der Waals surface area contributed by atoms with Gasteiger partial charge in [-0.15, -0.1) is 0 Å². The maximum absolute atomic E-state index is 12.3. The molecule has 0 saturated carbocycles. The standard InChI is InChI=1S/C21H16N2O2S/c1-25-18-12-11-14(16-9-5-6-10-17(16)18)13-19-20(24)23-21(26-19)22-15-7-3-2-4-8-15/h2-13H,1H3,(H,22,23,24). The summed E-state index contributed by atoms with van der Waals surface area (Å²) >= 11 is 1.35. The van der Waals surface area contributed by atoms with Crippen LogP contribution in [0.5, 0.6) is 5.75 Å². The molecule has 1 amide bonds. The van der Waals surface area contributed by atoms with Gasteiger partial charge in [0.2, 0.25) is 0 Å². The van der Waals surface area contributed by atoms with Gasteiger partial charge in [-0.2, -0.15) is 0 Å². The molecule has 1 aliphatic heterocycles. The Kier molecular flexibility index (Phi) is 4.46. The Hall–Kier alpha value is -3.05. The van der Waals surface area contributed by atoms with Gasteiger partial charge in [0.25, 0.3) is 5.91 Å². The molecule has 0 spiro atoms. The summed E-state index contributed by atoms with van der Waals surface area (Å²) in [5.41, 5.74) is 1.78. The van der Waals surface area contributed by atoms with Gasteiger partial charge in [-0.25, -0.2) is 4.99 Å². The predicted octanol–water partition coefficient (Wildman–Crippen LogP) is 4.74. The average Bonchev–Trinajstić information content (AvgIpc) is 3.01. The zero-order valence-electron chi connectivity index (χ0n) is 14.1. The Morgan fingerprint density at radius 3 is 2.46 bits per heavy atom. The van der Waals surface area contributed by atoms with Crippen molar-refractivity contribution in [2.45, 2.75) is 0 Å². The van der Waals surface area contributed by atoms with E-state index in [1.54, 1.807) is 7.11 Å². The van der Waals surface area contributed by atoms with Crippen molar-refractivity contribution in [1.82, 2.24) is 5.32 Å². The van der Waals surface area contributed by atoms with Gasteiger partial charge in [0, 0.05) is 5.39 Å². The van der Waals surface area contributed by atoms with Crippen LogP contribution in [0, 0.1) is 0 Å². The van der Waals surface area contributed by atoms with Gasteiger partial charge >= 0.3 is 0 Å². The number of ether oxygens (including phenoxy) is 1. The lowest BCUT2D eigenvalue weighted by atomic mass is 10.0. The molecular weight excluding hydrogens is 344 g/mol. The highest BCUT2D eigenvalue weighted by atomic mass is 32.2. The highest BCUT2D eigenvalue weighted by Gasteiger charge is 2.24. The molecule has 4 rings (SSSR count). The van der Waals surface area contributed by atoms with Gasteiger partial charge in [-0.05, 0) is 47.0 Å². The molecule has 1 saturated heterocycles. The van der Waals surface area contributed by atoms with Crippen molar-refractivity contribution in [3.05, 3.63) is 77.2 Å². The van der Waals surface area contributed by atoms with Crippen LogP contribution in [0.25, 0.3) is 16.8 Å². The Labute approximate surface area is 155 Å². The number of amides is 1. The average molecular weight is 360 g/mol. The minimum atomic E-state index is -0.135. The fourth-order valence-electron chi connectivity index (χ4n) is 2.84. The van der Waals surface area contributed by atoms with Gasteiger partial charge in [-0.1, -0.05) is 48.5 Å². The number of rotatable bonds is 3. The van der Waals surface area contributed by atoms with Crippen LogP contribution in [0.3, 0.4) is 0 Å². The molecule has 0 atom stereocenters. The molecule has 0 unspecified atom stereocenters. The number of hydrogen-bond acceptors (Lipinski definition) is 4. The molecule has 1 aliphatic rings. The number of nitrogens with zero attached hydrogens (tertiary/aromatic N) is 1. The van der Waals surface area contributed by atoms with Crippen molar-refractivity contribution in [3.63, 3.8) is 0 Å². The molecule has 0 aliphatic carbocycles. The highest BCUT2D eigenvalue weighted by molar-refractivity contribution is 8.18. The van der Waals surface area contributed by atoms with Crippen LogP contribution in [0.2, 0.25) is 0 Å². The van der Waals surface area contributed by atoms with Gasteiger partial charge in [0.1, 0.15) is 5.75 Å². The molecule has 1 fully saturated rings.